The molecule has 1 aromatic rings. The summed E-state index contributed by atoms with van der Waals surface area (Å²) in [6.07, 6.45) is 4.35. The van der Waals surface area contributed by atoms with E-state index >= 15 is 0 Å². The molecular weight excluding hydrogens is 187 g/mol. The third-order valence-corrected chi connectivity index (χ3v) is 1.88. The molecule has 0 bridgehead atoms. The smallest absolute Gasteiger partial charge is 1.00 e. The molecule has 1 heterocycles. The average molecular weight is 194 g/mol. The minimum Gasteiger partial charge on any atom is -1.00 e. The van der Waals surface area contributed by atoms with Crippen molar-refractivity contribution in [2.45, 2.75) is 6.92 Å². The summed E-state index contributed by atoms with van der Waals surface area (Å²) < 4.78 is 20.8. The van der Waals surface area contributed by atoms with Crippen LogP contribution in [0.15, 0.2) is 18.6 Å². The molecule has 0 atom stereocenters. The molecule has 0 N–H and O–H groups in total. The summed E-state index contributed by atoms with van der Waals surface area (Å²) in [7, 11) is -2.20. The van der Waals surface area contributed by atoms with E-state index in [9.17, 15) is 8.42 Å². The SMILES string of the molecule is CC(c1cnccn1)=S(=O)=O.[H-].[Na+]. The van der Waals surface area contributed by atoms with Crippen molar-refractivity contribution in [1.82, 2.24) is 9.97 Å². The number of hydrogen-bond donors (Lipinski definition) is 0. The topological polar surface area (TPSA) is 59.9 Å². The molecule has 0 fully saturated rings. The van der Waals surface area contributed by atoms with Gasteiger partial charge in [0.25, 0.3) is 0 Å². The van der Waals surface area contributed by atoms with Gasteiger partial charge < -0.3 is 1.43 Å². The zero-order valence-electron chi connectivity index (χ0n) is 7.85. The maximum Gasteiger partial charge on any atom is 1.00 e. The molecule has 0 aliphatic rings. The van der Waals surface area contributed by atoms with Gasteiger partial charge in [-0.2, -0.15) is 8.42 Å². The zero-order valence-corrected chi connectivity index (χ0v) is 9.67. The molecule has 1 rings (SSSR count). The van der Waals surface area contributed by atoms with Gasteiger partial charge in [0.1, 0.15) is 0 Å². The summed E-state index contributed by atoms with van der Waals surface area (Å²) in [5.74, 6) is 0. The summed E-state index contributed by atoms with van der Waals surface area (Å²) in [5, 5.41) is 0. The first-order chi connectivity index (χ1) is 5.22. The van der Waals surface area contributed by atoms with Crippen molar-refractivity contribution >= 4 is 15.2 Å². The second-order valence-corrected chi connectivity index (χ2v) is 2.96. The Morgan fingerprint density at radius 1 is 1.50 bits per heavy atom. The maximum absolute atomic E-state index is 10.4. The van der Waals surface area contributed by atoms with Crippen LogP contribution in [0, 0.1) is 0 Å². The third-order valence-electron chi connectivity index (χ3n) is 1.17. The number of rotatable bonds is 1. The maximum atomic E-state index is 10.4. The van der Waals surface area contributed by atoms with Gasteiger partial charge in [0.2, 0.25) is 10.3 Å². The van der Waals surface area contributed by atoms with E-state index < -0.39 is 10.3 Å². The van der Waals surface area contributed by atoms with Crippen molar-refractivity contribution < 1.29 is 39.4 Å². The molecule has 6 heteroatoms. The summed E-state index contributed by atoms with van der Waals surface area (Å²) >= 11 is 0. The van der Waals surface area contributed by atoms with Crippen LogP contribution < -0.4 is 29.6 Å². The number of nitrogens with zero attached hydrogens (tertiary/aromatic N) is 2. The first-order valence-electron chi connectivity index (χ1n) is 2.91. The van der Waals surface area contributed by atoms with Crippen LogP contribution in [0.1, 0.15) is 14.0 Å². The summed E-state index contributed by atoms with van der Waals surface area (Å²) in [6.45, 7) is 1.48. The van der Waals surface area contributed by atoms with E-state index in [1.807, 2.05) is 0 Å². The fourth-order valence-electron chi connectivity index (χ4n) is 0.566. The Hall–Kier alpha value is -0.230. The van der Waals surface area contributed by atoms with E-state index in [1.165, 1.54) is 25.5 Å². The van der Waals surface area contributed by atoms with Crippen molar-refractivity contribution in [3.63, 3.8) is 0 Å². The predicted octanol–water partition coefficient (Wildman–Crippen LogP) is -2.99. The van der Waals surface area contributed by atoms with Crippen molar-refractivity contribution in [3.05, 3.63) is 24.3 Å². The molecule has 0 radical (unpaired) electrons. The molecule has 0 saturated carbocycles. The molecule has 0 aliphatic carbocycles. The summed E-state index contributed by atoms with van der Waals surface area (Å²) in [5.41, 5.74) is 0.390. The minimum absolute atomic E-state index is 0. The van der Waals surface area contributed by atoms with E-state index in [-0.39, 0.29) is 35.8 Å². The Labute approximate surface area is 95.4 Å². The Morgan fingerprint density at radius 2 is 2.17 bits per heavy atom. The Bertz CT molecular complexity index is 371. The van der Waals surface area contributed by atoms with Crippen LogP contribution in [0.5, 0.6) is 0 Å². The van der Waals surface area contributed by atoms with Crippen LogP contribution in [-0.4, -0.2) is 23.3 Å². The standard InChI is InChI=1S/C6H6N2O2S.Na.H/c1-5(11(9)10)6-4-7-2-3-8-6;;/h2-4H,1H3;;/q;+1;-1. The minimum atomic E-state index is -2.20. The second-order valence-electron chi connectivity index (χ2n) is 1.88. The van der Waals surface area contributed by atoms with Gasteiger partial charge in [-0.15, -0.1) is 0 Å². The van der Waals surface area contributed by atoms with Gasteiger partial charge in [-0.05, 0) is 6.92 Å². The normalized spacial score (nSPS) is 8.42. The molecule has 0 aromatic carbocycles. The van der Waals surface area contributed by atoms with Crippen molar-refractivity contribution in [2.75, 3.05) is 0 Å². The first kappa shape index (κ1) is 11.8. The second kappa shape index (κ2) is 5.42. The van der Waals surface area contributed by atoms with Gasteiger partial charge in [0, 0.05) is 12.4 Å². The van der Waals surface area contributed by atoms with Crippen molar-refractivity contribution in [1.29, 1.82) is 0 Å². The van der Waals surface area contributed by atoms with Gasteiger partial charge in [-0.3, -0.25) is 9.97 Å². The molecule has 0 unspecified atom stereocenters. The van der Waals surface area contributed by atoms with E-state index in [0.717, 1.165) is 0 Å². The fourth-order valence-corrected chi connectivity index (χ4v) is 0.842. The molecule has 0 saturated heterocycles. The van der Waals surface area contributed by atoms with E-state index in [0.29, 0.717) is 5.69 Å². The molecule has 0 spiro atoms. The molecule has 4 nitrogen and oxygen atoms in total. The summed E-state index contributed by atoms with van der Waals surface area (Å²) in [6, 6.07) is 0. The molecular formula is C6H7N2NaO2S. The Kier molecular flexibility index (Phi) is 5.32. The molecule has 12 heavy (non-hydrogen) atoms. The van der Waals surface area contributed by atoms with Crippen molar-refractivity contribution in [3.8, 4) is 0 Å². The van der Waals surface area contributed by atoms with E-state index in [4.69, 9.17) is 0 Å². The van der Waals surface area contributed by atoms with Crippen LogP contribution in [0.2, 0.25) is 0 Å². The Morgan fingerprint density at radius 3 is 2.58 bits per heavy atom. The number of hydrogen-bond acceptors (Lipinski definition) is 4. The van der Waals surface area contributed by atoms with Gasteiger partial charge in [-0.1, -0.05) is 0 Å². The largest absolute Gasteiger partial charge is 1.00 e. The van der Waals surface area contributed by atoms with Gasteiger partial charge in [-0.25, -0.2) is 0 Å². The van der Waals surface area contributed by atoms with Crippen molar-refractivity contribution in [2.24, 2.45) is 0 Å². The van der Waals surface area contributed by atoms with Gasteiger partial charge >= 0.3 is 29.6 Å². The van der Waals surface area contributed by atoms with Gasteiger partial charge in [0.15, 0.2) is 0 Å². The van der Waals surface area contributed by atoms with E-state index in [1.54, 1.807) is 0 Å². The zero-order chi connectivity index (χ0) is 8.27. The molecule has 0 aliphatic heterocycles. The van der Waals surface area contributed by atoms with Gasteiger partial charge in [0.05, 0.1) is 16.8 Å². The third kappa shape index (κ3) is 3.02. The fraction of sp³-hybridized carbons (Fsp3) is 0.167. The van der Waals surface area contributed by atoms with Crippen LogP contribution in [0.4, 0.5) is 0 Å². The quantitative estimate of drug-likeness (QED) is 0.272. The van der Waals surface area contributed by atoms with Crippen LogP contribution in [-0.2, 0) is 10.3 Å². The van der Waals surface area contributed by atoms with Crippen LogP contribution >= 0.6 is 0 Å². The van der Waals surface area contributed by atoms with Crippen LogP contribution in [0.3, 0.4) is 0 Å². The monoisotopic (exact) mass is 194 g/mol. The summed E-state index contributed by atoms with van der Waals surface area (Å²) in [4.78, 5) is 7.75. The number of aromatic nitrogens is 2. The Balaban J connectivity index is 0. The first-order valence-corrected chi connectivity index (χ1v) is 3.98. The molecule has 1 aromatic heterocycles. The predicted molar refractivity (Wildman–Crippen MR) is 41.8 cm³/mol. The average Bonchev–Trinajstić information content (AvgIpc) is 2.05. The molecule has 60 valence electrons. The van der Waals surface area contributed by atoms with Crippen LogP contribution in [0.25, 0.3) is 0 Å². The van der Waals surface area contributed by atoms with E-state index in [2.05, 4.69) is 9.97 Å². The molecule has 0 amide bonds.